The molecule has 1 unspecified atom stereocenters. The van der Waals surface area contributed by atoms with Crippen LogP contribution in [0.2, 0.25) is 0 Å². The third-order valence-electron chi connectivity index (χ3n) is 3.42. The summed E-state index contributed by atoms with van der Waals surface area (Å²) in [4.78, 5) is 2.28. The Kier molecular flexibility index (Phi) is 6.41. The van der Waals surface area contributed by atoms with E-state index in [0.29, 0.717) is 6.04 Å². The van der Waals surface area contributed by atoms with Gasteiger partial charge >= 0.3 is 0 Å². The molecule has 1 rings (SSSR count). The molecule has 4 heteroatoms. The average Bonchev–Trinajstić information content (AvgIpc) is 3.10. The van der Waals surface area contributed by atoms with Crippen molar-refractivity contribution in [2.24, 2.45) is 0 Å². The lowest BCUT2D eigenvalue weighted by Crippen LogP contribution is -2.47. The first-order chi connectivity index (χ1) is 8.09. The Labute approximate surface area is 105 Å². The minimum Gasteiger partial charge on any atom is -0.394 e. The van der Waals surface area contributed by atoms with Crippen molar-refractivity contribution in [2.75, 3.05) is 40.5 Å². The summed E-state index contributed by atoms with van der Waals surface area (Å²) in [7, 11) is 3.85. The fourth-order valence-electron chi connectivity index (χ4n) is 2.02. The fraction of sp³-hybridized carbons (Fsp3) is 1.00. The minimum atomic E-state index is -0.0940. The molecule has 102 valence electrons. The molecule has 1 atom stereocenters. The second kappa shape index (κ2) is 7.31. The van der Waals surface area contributed by atoms with Gasteiger partial charge in [0.15, 0.2) is 0 Å². The number of aliphatic hydroxyl groups is 1. The lowest BCUT2D eigenvalue weighted by atomic mass is 9.96. The van der Waals surface area contributed by atoms with Gasteiger partial charge in [-0.3, -0.25) is 0 Å². The standard InChI is InChI=1S/C13H28N2O2/c1-13(11-16,14-12-5-6-12)7-4-8-15(2)9-10-17-3/h12,14,16H,4-11H2,1-3H3. The number of nitrogens with one attached hydrogen (secondary N) is 1. The number of likely N-dealkylation sites (N-methyl/N-ethyl adjacent to an activating group) is 1. The van der Waals surface area contributed by atoms with Gasteiger partial charge in [-0.25, -0.2) is 0 Å². The van der Waals surface area contributed by atoms with E-state index < -0.39 is 0 Å². The first kappa shape index (κ1) is 14.9. The minimum absolute atomic E-state index is 0.0940. The molecule has 0 spiro atoms. The largest absolute Gasteiger partial charge is 0.394 e. The second-order valence-electron chi connectivity index (χ2n) is 5.54. The van der Waals surface area contributed by atoms with Crippen LogP contribution in [0.15, 0.2) is 0 Å². The summed E-state index contributed by atoms with van der Waals surface area (Å²) in [5.74, 6) is 0. The number of hydrogen-bond donors (Lipinski definition) is 2. The van der Waals surface area contributed by atoms with Crippen LogP contribution in [0.1, 0.15) is 32.6 Å². The summed E-state index contributed by atoms with van der Waals surface area (Å²) in [6, 6.07) is 0.651. The van der Waals surface area contributed by atoms with Gasteiger partial charge in [0.05, 0.1) is 13.2 Å². The molecule has 1 aliphatic carbocycles. The van der Waals surface area contributed by atoms with Gasteiger partial charge in [0, 0.05) is 25.2 Å². The van der Waals surface area contributed by atoms with Crippen molar-refractivity contribution in [1.29, 1.82) is 0 Å². The molecule has 0 bridgehead atoms. The van der Waals surface area contributed by atoms with Crippen LogP contribution < -0.4 is 5.32 Å². The van der Waals surface area contributed by atoms with E-state index in [-0.39, 0.29) is 12.1 Å². The number of rotatable bonds is 10. The highest BCUT2D eigenvalue weighted by atomic mass is 16.5. The van der Waals surface area contributed by atoms with E-state index in [1.54, 1.807) is 7.11 Å². The Morgan fingerprint density at radius 3 is 2.65 bits per heavy atom. The SMILES string of the molecule is COCCN(C)CCCC(C)(CO)NC1CC1. The predicted molar refractivity (Wildman–Crippen MR) is 70.3 cm³/mol. The Morgan fingerprint density at radius 1 is 1.41 bits per heavy atom. The zero-order valence-electron chi connectivity index (χ0n) is 11.5. The quantitative estimate of drug-likeness (QED) is 0.598. The maximum atomic E-state index is 9.47. The topological polar surface area (TPSA) is 44.7 Å². The van der Waals surface area contributed by atoms with Crippen molar-refractivity contribution in [1.82, 2.24) is 10.2 Å². The fourth-order valence-corrected chi connectivity index (χ4v) is 2.02. The average molecular weight is 244 g/mol. The predicted octanol–water partition coefficient (Wildman–Crippen LogP) is 0.848. The normalized spacial score (nSPS) is 19.6. The van der Waals surface area contributed by atoms with Crippen molar-refractivity contribution >= 4 is 0 Å². The number of aliphatic hydroxyl groups excluding tert-OH is 1. The number of hydrogen-bond acceptors (Lipinski definition) is 4. The molecule has 0 aromatic heterocycles. The third-order valence-corrected chi connectivity index (χ3v) is 3.42. The van der Waals surface area contributed by atoms with E-state index >= 15 is 0 Å². The van der Waals surface area contributed by atoms with E-state index in [9.17, 15) is 5.11 Å². The van der Waals surface area contributed by atoms with E-state index in [0.717, 1.165) is 32.5 Å². The second-order valence-corrected chi connectivity index (χ2v) is 5.54. The molecule has 1 fully saturated rings. The summed E-state index contributed by atoms with van der Waals surface area (Å²) in [6.07, 6.45) is 4.67. The van der Waals surface area contributed by atoms with Crippen LogP contribution in [0, 0.1) is 0 Å². The molecule has 1 saturated carbocycles. The first-order valence-corrected chi connectivity index (χ1v) is 6.66. The van der Waals surface area contributed by atoms with Crippen molar-refractivity contribution < 1.29 is 9.84 Å². The summed E-state index contributed by atoms with van der Waals surface area (Å²) in [5.41, 5.74) is -0.0940. The van der Waals surface area contributed by atoms with E-state index in [1.807, 2.05) is 0 Å². The first-order valence-electron chi connectivity index (χ1n) is 6.66. The third kappa shape index (κ3) is 6.36. The summed E-state index contributed by atoms with van der Waals surface area (Å²) in [6.45, 7) is 5.17. The summed E-state index contributed by atoms with van der Waals surface area (Å²) >= 11 is 0. The Morgan fingerprint density at radius 2 is 2.12 bits per heavy atom. The number of ether oxygens (including phenoxy) is 1. The zero-order chi connectivity index (χ0) is 12.7. The van der Waals surface area contributed by atoms with Gasteiger partial charge in [0.1, 0.15) is 0 Å². The Hall–Kier alpha value is -0.160. The van der Waals surface area contributed by atoms with Crippen LogP contribution in [-0.4, -0.2) is 62.0 Å². The Balaban J connectivity index is 2.13. The molecule has 0 amide bonds. The van der Waals surface area contributed by atoms with Gasteiger partial charge in [-0.2, -0.15) is 0 Å². The Bertz CT molecular complexity index is 210. The molecule has 0 saturated heterocycles. The molecule has 4 nitrogen and oxygen atoms in total. The zero-order valence-corrected chi connectivity index (χ0v) is 11.5. The number of nitrogens with zero attached hydrogens (tertiary/aromatic N) is 1. The van der Waals surface area contributed by atoms with Crippen LogP contribution in [0.25, 0.3) is 0 Å². The van der Waals surface area contributed by atoms with Gasteiger partial charge in [-0.1, -0.05) is 0 Å². The molecule has 1 aliphatic rings. The molecule has 17 heavy (non-hydrogen) atoms. The van der Waals surface area contributed by atoms with Crippen LogP contribution in [0.4, 0.5) is 0 Å². The molecule has 2 N–H and O–H groups in total. The molecule has 0 heterocycles. The van der Waals surface area contributed by atoms with Gasteiger partial charge < -0.3 is 20.1 Å². The van der Waals surface area contributed by atoms with Gasteiger partial charge in [0.25, 0.3) is 0 Å². The smallest absolute Gasteiger partial charge is 0.0610 e. The van der Waals surface area contributed by atoms with Crippen molar-refractivity contribution in [3.05, 3.63) is 0 Å². The maximum Gasteiger partial charge on any atom is 0.0610 e. The lowest BCUT2D eigenvalue weighted by Gasteiger charge is -2.30. The van der Waals surface area contributed by atoms with Crippen molar-refractivity contribution in [3.8, 4) is 0 Å². The van der Waals surface area contributed by atoms with E-state index in [1.165, 1.54) is 12.8 Å². The molecule has 0 radical (unpaired) electrons. The van der Waals surface area contributed by atoms with Gasteiger partial charge in [0.2, 0.25) is 0 Å². The molecular weight excluding hydrogens is 216 g/mol. The monoisotopic (exact) mass is 244 g/mol. The van der Waals surface area contributed by atoms with Gasteiger partial charge in [-0.05, 0) is 46.2 Å². The number of methoxy groups -OCH3 is 1. The maximum absolute atomic E-state index is 9.47. The summed E-state index contributed by atoms with van der Waals surface area (Å²) < 4.78 is 5.05. The highest BCUT2D eigenvalue weighted by molar-refractivity contribution is 4.92. The highest BCUT2D eigenvalue weighted by Gasteiger charge is 2.31. The lowest BCUT2D eigenvalue weighted by molar-refractivity contribution is 0.144. The van der Waals surface area contributed by atoms with Crippen molar-refractivity contribution in [2.45, 2.75) is 44.2 Å². The molecule has 0 aliphatic heterocycles. The van der Waals surface area contributed by atoms with Gasteiger partial charge in [-0.15, -0.1) is 0 Å². The van der Waals surface area contributed by atoms with Crippen LogP contribution in [0.3, 0.4) is 0 Å². The van der Waals surface area contributed by atoms with E-state index in [2.05, 4.69) is 24.2 Å². The van der Waals surface area contributed by atoms with E-state index in [4.69, 9.17) is 4.74 Å². The van der Waals surface area contributed by atoms with Crippen LogP contribution >= 0.6 is 0 Å². The summed E-state index contributed by atoms with van der Waals surface area (Å²) in [5, 5.41) is 13.0. The molecule has 0 aromatic rings. The highest BCUT2D eigenvalue weighted by Crippen LogP contribution is 2.24. The van der Waals surface area contributed by atoms with Crippen LogP contribution in [-0.2, 0) is 4.74 Å². The molecular formula is C13H28N2O2. The molecule has 0 aromatic carbocycles. The van der Waals surface area contributed by atoms with Crippen molar-refractivity contribution in [3.63, 3.8) is 0 Å². The van der Waals surface area contributed by atoms with Crippen LogP contribution in [0.5, 0.6) is 0 Å².